The van der Waals surface area contributed by atoms with Crippen molar-refractivity contribution in [2.24, 2.45) is 5.73 Å². The molecular formula is C13H19N3O. The van der Waals surface area contributed by atoms with Crippen molar-refractivity contribution >= 4 is 11.6 Å². The molecule has 1 aliphatic carbocycles. The highest BCUT2D eigenvalue weighted by Gasteiger charge is 2.31. The highest BCUT2D eigenvalue weighted by molar-refractivity contribution is 5.91. The molecule has 0 spiro atoms. The number of hydrogen-bond donors (Lipinski definition) is 2. The number of anilines is 1. The molecule has 1 amide bonds. The minimum Gasteiger partial charge on any atom is -0.325 e. The topological polar surface area (TPSA) is 68.0 Å². The smallest absolute Gasteiger partial charge is 0.226 e. The van der Waals surface area contributed by atoms with Gasteiger partial charge in [-0.05, 0) is 31.9 Å². The molecule has 1 aromatic rings. The van der Waals surface area contributed by atoms with Gasteiger partial charge in [-0.3, -0.25) is 9.78 Å². The second-order valence-corrected chi connectivity index (χ2v) is 4.93. The van der Waals surface area contributed by atoms with E-state index < -0.39 is 0 Å². The quantitative estimate of drug-likeness (QED) is 0.839. The van der Waals surface area contributed by atoms with Gasteiger partial charge < -0.3 is 11.1 Å². The molecule has 1 fully saturated rings. The molecule has 0 unspecified atom stereocenters. The molecule has 1 aliphatic rings. The van der Waals surface area contributed by atoms with E-state index in [0.717, 1.165) is 37.1 Å². The number of nitrogens with zero attached hydrogens (tertiary/aromatic N) is 1. The van der Waals surface area contributed by atoms with Crippen molar-refractivity contribution in [2.75, 3.05) is 5.32 Å². The van der Waals surface area contributed by atoms with Gasteiger partial charge >= 0.3 is 0 Å². The predicted octanol–water partition coefficient (Wildman–Crippen LogP) is 1.99. The zero-order chi connectivity index (χ0) is 12.3. The van der Waals surface area contributed by atoms with Crippen molar-refractivity contribution in [3.05, 3.63) is 24.0 Å². The van der Waals surface area contributed by atoms with E-state index in [4.69, 9.17) is 5.73 Å². The Morgan fingerprint density at radius 1 is 1.53 bits per heavy atom. The van der Waals surface area contributed by atoms with Crippen LogP contribution in [0.15, 0.2) is 18.3 Å². The van der Waals surface area contributed by atoms with Crippen LogP contribution in [0.4, 0.5) is 5.69 Å². The van der Waals surface area contributed by atoms with Gasteiger partial charge in [0.2, 0.25) is 5.91 Å². The molecule has 0 radical (unpaired) electrons. The van der Waals surface area contributed by atoms with Crippen LogP contribution < -0.4 is 11.1 Å². The molecule has 2 rings (SSSR count). The van der Waals surface area contributed by atoms with Crippen molar-refractivity contribution in [3.8, 4) is 0 Å². The minimum absolute atomic E-state index is 0.00880. The summed E-state index contributed by atoms with van der Waals surface area (Å²) in [7, 11) is 0. The average molecular weight is 233 g/mol. The third-order valence-electron chi connectivity index (χ3n) is 3.39. The first kappa shape index (κ1) is 12.0. The fraction of sp³-hybridized carbons (Fsp3) is 0.538. The van der Waals surface area contributed by atoms with Gasteiger partial charge in [-0.2, -0.15) is 0 Å². The average Bonchev–Trinajstić information content (AvgIpc) is 2.68. The Bertz CT molecular complexity index is 411. The van der Waals surface area contributed by atoms with Crippen LogP contribution in [0.1, 0.15) is 37.8 Å². The molecule has 1 saturated carbocycles. The minimum atomic E-state index is -0.291. The molecule has 0 saturated heterocycles. The van der Waals surface area contributed by atoms with E-state index in [1.54, 1.807) is 6.20 Å². The molecule has 0 aromatic carbocycles. The zero-order valence-electron chi connectivity index (χ0n) is 10.2. The Morgan fingerprint density at radius 3 is 2.88 bits per heavy atom. The zero-order valence-corrected chi connectivity index (χ0v) is 10.2. The van der Waals surface area contributed by atoms with E-state index >= 15 is 0 Å². The Labute approximate surface area is 102 Å². The molecule has 1 aromatic heterocycles. The van der Waals surface area contributed by atoms with E-state index in [9.17, 15) is 4.79 Å². The summed E-state index contributed by atoms with van der Waals surface area (Å²) in [6, 6.07) is 3.68. The second kappa shape index (κ2) is 4.84. The first-order valence-corrected chi connectivity index (χ1v) is 6.09. The van der Waals surface area contributed by atoms with Gasteiger partial charge in [-0.15, -0.1) is 0 Å². The predicted molar refractivity (Wildman–Crippen MR) is 67.6 cm³/mol. The monoisotopic (exact) mass is 233 g/mol. The van der Waals surface area contributed by atoms with Gasteiger partial charge in [-0.25, -0.2) is 0 Å². The second-order valence-electron chi connectivity index (χ2n) is 4.93. The summed E-state index contributed by atoms with van der Waals surface area (Å²) in [6.07, 6.45) is 6.29. The van der Waals surface area contributed by atoms with Crippen molar-refractivity contribution in [3.63, 3.8) is 0 Å². The first-order chi connectivity index (χ1) is 8.09. The molecule has 17 heavy (non-hydrogen) atoms. The van der Waals surface area contributed by atoms with Crippen LogP contribution in [-0.4, -0.2) is 16.4 Å². The summed E-state index contributed by atoms with van der Waals surface area (Å²) in [6.45, 7) is 1.88. The number of aromatic nitrogens is 1. The standard InChI is InChI=1S/C13H19N3O/c1-10-11(5-4-8-15-10)16-12(17)9-13(14)6-2-3-7-13/h4-5,8H,2-3,6-7,9,14H2,1H3,(H,16,17). The molecular weight excluding hydrogens is 214 g/mol. The molecule has 0 atom stereocenters. The van der Waals surface area contributed by atoms with Crippen LogP contribution in [-0.2, 0) is 4.79 Å². The Balaban J connectivity index is 1.96. The van der Waals surface area contributed by atoms with Crippen LogP contribution in [0.25, 0.3) is 0 Å². The van der Waals surface area contributed by atoms with E-state index in [1.807, 2.05) is 19.1 Å². The van der Waals surface area contributed by atoms with Gasteiger partial charge in [0.25, 0.3) is 0 Å². The molecule has 4 heteroatoms. The fourth-order valence-electron chi connectivity index (χ4n) is 2.39. The van der Waals surface area contributed by atoms with E-state index in [2.05, 4.69) is 10.3 Å². The lowest BCUT2D eigenvalue weighted by molar-refractivity contribution is -0.117. The molecule has 4 nitrogen and oxygen atoms in total. The van der Waals surface area contributed by atoms with Gasteiger partial charge in [0, 0.05) is 18.2 Å². The van der Waals surface area contributed by atoms with Crippen LogP contribution >= 0.6 is 0 Å². The number of amides is 1. The number of nitrogens with two attached hydrogens (primary N) is 1. The van der Waals surface area contributed by atoms with Gasteiger partial charge in [0.05, 0.1) is 11.4 Å². The molecule has 1 heterocycles. The van der Waals surface area contributed by atoms with E-state index in [1.165, 1.54) is 0 Å². The normalized spacial score (nSPS) is 18.0. The Morgan fingerprint density at radius 2 is 2.24 bits per heavy atom. The van der Waals surface area contributed by atoms with E-state index in [0.29, 0.717) is 6.42 Å². The summed E-state index contributed by atoms with van der Waals surface area (Å²) in [5, 5.41) is 2.88. The van der Waals surface area contributed by atoms with Gasteiger partial charge in [0.15, 0.2) is 0 Å². The van der Waals surface area contributed by atoms with Crippen molar-refractivity contribution in [2.45, 2.75) is 44.6 Å². The fourth-order valence-corrected chi connectivity index (χ4v) is 2.39. The number of nitrogens with one attached hydrogen (secondary N) is 1. The van der Waals surface area contributed by atoms with Gasteiger partial charge in [-0.1, -0.05) is 12.8 Å². The number of pyridine rings is 1. The molecule has 92 valence electrons. The Hall–Kier alpha value is -1.42. The first-order valence-electron chi connectivity index (χ1n) is 6.09. The number of aryl methyl sites for hydroxylation is 1. The largest absolute Gasteiger partial charge is 0.325 e. The summed E-state index contributed by atoms with van der Waals surface area (Å²) < 4.78 is 0. The highest BCUT2D eigenvalue weighted by Crippen LogP contribution is 2.30. The summed E-state index contributed by atoms with van der Waals surface area (Å²) in [5.41, 5.74) is 7.49. The number of carbonyl (C=O) groups excluding carboxylic acids is 1. The lowest BCUT2D eigenvalue weighted by Gasteiger charge is -2.22. The third kappa shape index (κ3) is 3.03. The summed E-state index contributed by atoms with van der Waals surface area (Å²) >= 11 is 0. The van der Waals surface area contributed by atoms with Crippen molar-refractivity contribution in [1.82, 2.24) is 4.98 Å². The summed E-state index contributed by atoms with van der Waals surface area (Å²) in [4.78, 5) is 16.0. The lowest BCUT2D eigenvalue weighted by atomic mass is 9.94. The van der Waals surface area contributed by atoms with Crippen molar-refractivity contribution < 1.29 is 4.79 Å². The number of carbonyl (C=O) groups is 1. The number of rotatable bonds is 3. The highest BCUT2D eigenvalue weighted by atomic mass is 16.1. The maximum Gasteiger partial charge on any atom is 0.226 e. The molecule has 0 bridgehead atoms. The summed E-state index contributed by atoms with van der Waals surface area (Å²) in [5.74, 6) is -0.00880. The molecule has 0 aliphatic heterocycles. The number of hydrogen-bond acceptors (Lipinski definition) is 3. The SMILES string of the molecule is Cc1ncccc1NC(=O)CC1(N)CCCC1. The van der Waals surface area contributed by atoms with Gasteiger partial charge in [0.1, 0.15) is 0 Å². The maximum absolute atomic E-state index is 11.9. The van der Waals surface area contributed by atoms with Crippen LogP contribution in [0, 0.1) is 6.92 Å². The van der Waals surface area contributed by atoms with Crippen LogP contribution in [0.2, 0.25) is 0 Å². The van der Waals surface area contributed by atoms with Crippen LogP contribution in [0.3, 0.4) is 0 Å². The van der Waals surface area contributed by atoms with Crippen LogP contribution in [0.5, 0.6) is 0 Å². The molecule has 3 N–H and O–H groups in total. The maximum atomic E-state index is 11.9. The van der Waals surface area contributed by atoms with E-state index in [-0.39, 0.29) is 11.4 Å². The Kier molecular flexibility index (Phi) is 3.43. The third-order valence-corrected chi connectivity index (χ3v) is 3.39. The lowest BCUT2D eigenvalue weighted by Crippen LogP contribution is -2.40. The van der Waals surface area contributed by atoms with Crippen molar-refractivity contribution in [1.29, 1.82) is 0 Å².